The molecule has 2 aliphatic heterocycles. The van der Waals surface area contributed by atoms with E-state index in [0.29, 0.717) is 17.9 Å². The van der Waals surface area contributed by atoms with Crippen molar-refractivity contribution in [1.29, 1.82) is 0 Å². The third-order valence-corrected chi connectivity index (χ3v) is 7.48. The van der Waals surface area contributed by atoms with Gasteiger partial charge in [-0.25, -0.2) is 9.79 Å². The fourth-order valence-electron chi connectivity index (χ4n) is 5.53. The van der Waals surface area contributed by atoms with Gasteiger partial charge in [0.1, 0.15) is 11.9 Å². The molecule has 1 N–H and O–H groups in total. The van der Waals surface area contributed by atoms with Crippen molar-refractivity contribution in [3.05, 3.63) is 46.8 Å². The van der Waals surface area contributed by atoms with Crippen LogP contribution in [-0.2, 0) is 30.3 Å². The first-order chi connectivity index (χ1) is 20.2. The maximum Gasteiger partial charge on any atom is 0.328 e. The van der Waals surface area contributed by atoms with E-state index >= 15 is 0 Å². The van der Waals surface area contributed by atoms with Gasteiger partial charge in [0.15, 0.2) is 5.78 Å². The molecule has 1 amide bonds. The molecular weight excluding hydrogens is 546 g/mol. The van der Waals surface area contributed by atoms with Crippen molar-refractivity contribution in [3.63, 3.8) is 0 Å². The molecule has 0 aromatic heterocycles. The minimum atomic E-state index is -0.972. The van der Waals surface area contributed by atoms with Gasteiger partial charge >= 0.3 is 11.9 Å². The summed E-state index contributed by atoms with van der Waals surface area (Å²) in [5.74, 6) is 0.191. The van der Waals surface area contributed by atoms with Crippen molar-refractivity contribution in [2.45, 2.75) is 118 Å². The van der Waals surface area contributed by atoms with E-state index in [4.69, 9.17) is 14.5 Å². The molecule has 3 rings (SSSR count). The Bertz CT molecular complexity index is 1230. The van der Waals surface area contributed by atoms with E-state index in [1.807, 2.05) is 12.1 Å². The highest BCUT2D eigenvalue weighted by atomic mass is 16.5. The predicted molar refractivity (Wildman–Crippen MR) is 167 cm³/mol. The Morgan fingerprint density at radius 3 is 2.21 bits per heavy atom. The van der Waals surface area contributed by atoms with Crippen LogP contribution in [0.3, 0.4) is 0 Å². The Balaban J connectivity index is 1.65. The maximum atomic E-state index is 13.2. The number of benzene rings is 1. The fourth-order valence-corrected chi connectivity index (χ4v) is 5.53. The number of Topliss-reactive ketones (excluding diaryl/α,β-unsaturated/α-hetero) is 1. The molecule has 2 heterocycles. The van der Waals surface area contributed by atoms with Crippen molar-refractivity contribution < 1.29 is 28.7 Å². The third kappa shape index (κ3) is 9.76. The van der Waals surface area contributed by atoms with Crippen LogP contribution in [0.25, 0.3) is 0 Å². The molecule has 9 heteroatoms. The lowest BCUT2D eigenvalue weighted by molar-refractivity contribution is -0.151. The summed E-state index contributed by atoms with van der Waals surface area (Å²) < 4.78 is 10.5. The molecular formula is C34H49N3O6. The number of hydrogen-bond donors (Lipinski definition) is 1. The van der Waals surface area contributed by atoms with Crippen LogP contribution in [-0.4, -0.2) is 65.1 Å². The second-order valence-corrected chi connectivity index (χ2v) is 12.9. The van der Waals surface area contributed by atoms with Crippen LogP contribution in [0.1, 0.15) is 103 Å². The van der Waals surface area contributed by atoms with E-state index in [2.05, 4.69) is 37.9 Å². The van der Waals surface area contributed by atoms with Gasteiger partial charge in [0.05, 0.1) is 12.2 Å². The number of amides is 1. The fraction of sp³-hybridized carbons (Fsp3) is 0.618. The number of nitrogens with zero attached hydrogens (tertiary/aromatic N) is 2. The maximum absolute atomic E-state index is 13.2. The van der Waals surface area contributed by atoms with Crippen LogP contribution in [0.4, 0.5) is 0 Å². The molecule has 0 saturated carbocycles. The van der Waals surface area contributed by atoms with Gasteiger partial charge in [-0.05, 0) is 90.8 Å². The molecule has 1 aromatic carbocycles. The lowest BCUT2D eigenvalue weighted by Gasteiger charge is -2.26. The van der Waals surface area contributed by atoms with Gasteiger partial charge in [-0.2, -0.15) is 0 Å². The monoisotopic (exact) mass is 595 g/mol. The number of aryl methyl sites for hydroxylation is 1. The van der Waals surface area contributed by atoms with E-state index < -0.39 is 23.9 Å². The van der Waals surface area contributed by atoms with Gasteiger partial charge in [-0.3, -0.25) is 14.4 Å². The minimum Gasteiger partial charge on any atom is -0.463 e. The van der Waals surface area contributed by atoms with Gasteiger partial charge < -0.3 is 19.7 Å². The summed E-state index contributed by atoms with van der Waals surface area (Å²) in [6.07, 6.45) is 2.26. The summed E-state index contributed by atoms with van der Waals surface area (Å²) in [4.78, 5) is 58.2. The smallest absolute Gasteiger partial charge is 0.328 e. The topological polar surface area (TPSA) is 114 Å². The number of esters is 2. The highest BCUT2D eigenvalue weighted by Crippen LogP contribution is 2.38. The molecule has 2 aliphatic rings. The van der Waals surface area contributed by atoms with Crippen LogP contribution < -0.4 is 5.32 Å². The third-order valence-electron chi connectivity index (χ3n) is 7.48. The number of carbonyl (C=O) groups excluding carboxylic acids is 4. The van der Waals surface area contributed by atoms with Crippen LogP contribution in [0, 0.1) is 11.8 Å². The number of carbonyl (C=O) groups is 4. The first-order valence-electron chi connectivity index (χ1n) is 15.6. The van der Waals surface area contributed by atoms with E-state index in [-0.39, 0.29) is 42.8 Å². The van der Waals surface area contributed by atoms with Crippen molar-refractivity contribution in [3.8, 4) is 0 Å². The normalized spacial score (nSPS) is 17.5. The molecule has 0 radical (unpaired) electrons. The highest BCUT2D eigenvalue weighted by Gasteiger charge is 2.39. The summed E-state index contributed by atoms with van der Waals surface area (Å²) in [6.45, 7) is 16.3. The number of ether oxygens (including phenoxy) is 2. The van der Waals surface area contributed by atoms with Gasteiger partial charge in [0.25, 0.3) is 5.91 Å². The summed E-state index contributed by atoms with van der Waals surface area (Å²) >= 11 is 0. The zero-order valence-corrected chi connectivity index (χ0v) is 27.1. The van der Waals surface area contributed by atoms with Gasteiger partial charge in [-0.15, -0.1) is 0 Å². The summed E-state index contributed by atoms with van der Waals surface area (Å²) in [6, 6.07) is 6.56. The van der Waals surface area contributed by atoms with Crippen molar-refractivity contribution in [2.75, 3.05) is 6.54 Å². The number of nitrogens with one attached hydrogen (secondary N) is 1. The average molecular weight is 596 g/mol. The standard InChI is InChI=1S/C34H49N3O6/c1-20(2)17-27-18-29(38)31-26(19-37(21(3)4)32(31)35-27)14-11-24-9-12-25(13-10-24)33(40)36-28(34(41)43-23(7)8)15-16-30(39)42-22(5)6/h9-10,12-13,20-23,26,28H,11,14-19H2,1-8H3,(H,36,40)/t26?,28-/m0/s1. The lowest BCUT2D eigenvalue weighted by Crippen LogP contribution is -2.43. The Hall–Kier alpha value is -3.49. The van der Waals surface area contributed by atoms with E-state index in [1.54, 1.807) is 39.8 Å². The zero-order chi connectivity index (χ0) is 31.8. The number of aliphatic imine (C=N–C) groups is 1. The first kappa shape index (κ1) is 34.0. The van der Waals surface area contributed by atoms with Crippen molar-refractivity contribution in [1.82, 2.24) is 10.2 Å². The first-order valence-corrected chi connectivity index (χ1v) is 15.6. The molecule has 43 heavy (non-hydrogen) atoms. The zero-order valence-electron chi connectivity index (χ0n) is 27.1. The van der Waals surface area contributed by atoms with Crippen LogP contribution in [0.15, 0.2) is 40.7 Å². The predicted octanol–water partition coefficient (Wildman–Crippen LogP) is 5.41. The average Bonchev–Trinajstić information content (AvgIpc) is 3.28. The lowest BCUT2D eigenvalue weighted by atomic mass is 9.87. The van der Waals surface area contributed by atoms with Gasteiger partial charge in [0.2, 0.25) is 0 Å². The summed E-state index contributed by atoms with van der Waals surface area (Å²) in [5.41, 5.74) is 3.31. The second kappa shape index (κ2) is 15.3. The van der Waals surface area contributed by atoms with E-state index in [1.165, 1.54) is 0 Å². The molecule has 1 aromatic rings. The molecule has 236 valence electrons. The minimum absolute atomic E-state index is 0.0182. The molecule has 0 saturated heterocycles. The molecule has 2 atom stereocenters. The second-order valence-electron chi connectivity index (χ2n) is 12.9. The Labute approximate surface area is 256 Å². The Morgan fingerprint density at radius 2 is 1.63 bits per heavy atom. The quantitative estimate of drug-likeness (QED) is 0.286. The number of ketones is 1. The van der Waals surface area contributed by atoms with Crippen LogP contribution in [0.2, 0.25) is 0 Å². The SMILES string of the molecule is CC(C)CC1=NC2=C(C(=O)C1)C(CCc1ccc(C(=O)N[C@@H](CCC(=O)OC(C)C)C(=O)OC(C)C)cc1)CN2C(C)C. The van der Waals surface area contributed by atoms with Gasteiger partial charge in [-0.1, -0.05) is 26.0 Å². The summed E-state index contributed by atoms with van der Waals surface area (Å²) in [5, 5.41) is 2.73. The molecule has 1 unspecified atom stereocenters. The molecule has 0 bridgehead atoms. The number of hydrogen-bond acceptors (Lipinski definition) is 8. The van der Waals surface area contributed by atoms with E-state index in [9.17, 15) is 19.2 Å². The Morgan fingerprint density at radius 1 is 0.977 bits per heavy atom. The van der Waals surface area contributed by atoms with E-state index in [0.717, 1.165) is 48.5 Å². The van der Waals surface area contributed by atoms with Gasteiger partial charge in [0, 0.05) is 48.2 Å². The Kier molecular flexibility index (Phi) is 12.1. The van der Waals surface area contributed by atoms with Crippen LogP contribution >= 0.6 is 0 Å². The van der Waals surface area contributed by atoms with Crippen molar-refractivity contribution >= 4 is 29.3 Å². The molecule has 0 spiro atoms. The molecule has 9 nitrogen and oxygen atoms in total. The van der Waals surface area contributed by atoms with Crippen LogP contribution in [0.5, 0.6) is 0 Å². The summed E-state index contributed by atoms with van der Waals surface area (Å²) in [7, 11) is 0. The van der Waals surface area contributed by atoms with Crippen molar-refractivity contribution in [2.24, 2.45) is 16.8 Å². The number of rotatable bonds is 14. The molecule has 0 aliphatic carbocycles. The largest absolute Gasteiger partial charge is 0.463 e. The highest BCUT2D eigenvalue weighted by molar-refractivity contribution is 6.12. The molecule has 0 fully saturated rings.